The number of rotatable bonds is 7. The molecule has 10 nitrogen and oxygen atoms in total. The molecule has 3 aromatic heterocycles. The van der Waals surface area contributed by atoms with Crippen LogP contribution in [-0.4, -0.2) is 52.8 Å². The number of aromatic nitrogens is 3. The minimum Gasteiger partial charge on any atom is -0.495 e. The fourth-order valence-electron chi connectivity index (χ4n) is 4.49. The molecule has 3 N–H and O–H groups in total. The van der Waals surface area contributed by atoms with Crippen LogP contribution >= 0.6 is 11.6 Å². The van der Waals surface area contributed by atoms with E-state index in [-0.39, 0.29) is 5.56 Å². The van der Waals surface area contributed by atoms with E-state index in [2.05, 4.69) is 20.2 Å². The third-order valence-electron chi connectivity index (χ3n) is 6.56. The summed E-state index contributed by atoms with van der Waals surface area (Å²) in [4.78, 5) is 26.9. The van der Waals surface area contributed by atoms with Gasteiger partial charge < -0.3 is 19.4 Å². The highest BCUT2D eigenvalue weighted by Crippen LogP contribution is 2.36. The Kier molecular flexibility index (Phi) is 7.11. The summed E-state index contributed by atoms with van der Waals surface area (Å²) in [5, 5.41) is 13.8. The molecule has 5 rings (SSSR count). The number of nitrogens with one attached hydrogen (secondary N) is 2. The molecule has 1 aliphatic heterocycles. The number of hydrogen-bond donors (Lipinski definition) is 3. The summed E-state index contributed by atoms with van der Waals surface area (Å²) in [5.41, 5.74) is 4.22. The van der Waals surface area contributed by atoms with E-state index in [1.807, 2.05) is 37.3 Å². The zero-order chi connectivity index (χ0) is 25.9. The normalized spacial score (nSPS) is 14.1. The van der Waals surface area contributed by atoms with E-state index >= 15 is 0 Å². The average molecular weight is 523 g/mol. The number of anilines is 2. The largest absolute Gasteiger partial charge is 0.495 e. The first-order chi connectivity index (χ1) is 17.9. The van der Waals surface area contributed by atoms with Crippen molar-refractivity contribution >= 4 is 40.0 Å². The maximum Gasteiger partial charge on any atom is 0.277 e. The van der Waals surface area contributed by atoms with Crippen molar-refractivity contribution in [2.75, 3.05) is 37.0 Å². The first kappa shape index (κ1) is 24.8. The number of carbonyl (C=O) groups excluding carboxylic acids is 1. The number of furan rings is 1. The van der Waals surface area contributed by atoms with Gasteiger partial charge in [-0.1, -0.05) is 11.6 Å². The van der Waals surface area contributed by atoms with Crippen molar-refractivity contribution in [3.63, 3.8) is 0 Å². The van der Waals surface area contributed by atoms with Crippen LogP contribution < -0.4 is 20.4 Å². The van der Waals surface area contributed by atoms with Gasteiger partial charge in [-0.15, -0.1) is 0 Å². The van der Waals surface area contributed by atoms with Gasteiger partial charge in [0.15, 0.2) is 5.76 Å². The van der Waals surface area contributed by atoms with E-state index in [4.69, 9.17) is 30.9 Å². The lowest BCUT2D eigenvalue weighted by molar-refractivity contribution is 0.0705. The number of carbonyl (C=O) groups is 1. The number of fused-ring (bicyclic) bond motifs is 1. The van der Waals surface area contributed by atoms with Crippen LogP contribution in [0.15, 0.2) is 47.1 Å². The van der Waals surface area contributed by atoms with Gasteiger partial charge in [-0.2, -0.15) is 0 Å². The molecular formula is C26H27ClN6O4. The molecule has 0 aliphatic carbocycles. The van der Waals surface area contributed by atoms with Gasteiger partial charge in [0, 0.05) is 49.2 Å². The predicted molar refractivity (Wildman–Crippen MR) is 140 cm³/mol. The van der Waals surface area contributed by atoms with E-state index in [0.717, 1.165) is 60.5 Å². The summed E-state index contributed by atoms with van der Waals surface area (Å²) in [6.45, 7) is 4.29. The van der Waals surface area contributed by atoms with Crippen molar-refractivity contribution in [2.24, 2.45) is 5.92 Å². The molecule has 37 heavy (non-hydrogen) atoms. The predicted octanol–water partition coefficient (Wildman–Crippen LogP) is 4.70. The Balaban J connectivity index is 1.30. The van der Waals surface area contributed by atoms with Crippen LogP contribution in [0.1, 0.15) is 29.0 Å². The summed E-state index contributed by atoms with van der Waals surface area (Å²) in [6.07, 6.45) is 4.73. The number of benzene rings is 1. The molecule has 1 saturated heterocycles. The Morgan fingerprint density at radius 3 is 2.62 bits per heavy atom. The third kappa shape index (κ3) is 5.30. The van der Waals surface area contributed by atoms with E-state index in [1.165, 1.54) is 12.4 Å². The quantitative estimate of drug-likeness (QED) is 0.234. The van der Waals surface area contributed by atoms with Gasteiger partial charge in [0.25, 0.3) is 5.91 Å². The second kappa shape index (κ2) is 10.6. The smallest absolute Gasteiger partial charge is 0.277 e. The van der Waals surface area contributed by atoms with Gasteiger partial charge in [0.05, 0.1) is 23.2 Å². The Morgan fingerprint density at radius 1 is 1.22 bits per heavy atom. The number of amides is 1. The topological polar surface area (TPSA) is 126 Å². The van der Waals surface area contributed by atoms with Crippen molar-refractivity contribution in [3.05, 3.63) is 59.1 Å². The third-order valence-corrected chi connectivity index (χ3v) is 6.85. The van der Waals surface area contributed by atoms with Crippen molar-refractivity contribution in [3.8, 4) is 17.2 Å². The van der Waals surface area contributed by atoms with Gasteiger partial charge in [-0.3, -0.25) is 10.0 Å². The lowest BCUT2D eigenvalue weighted by Gasteiger charge is -2.32. The monoisotopic (exact) mass is 522 g/mol. The first-order valence-corrected chi connectivity index (χ1v) is 12.3. The summed E-state index contributed by atoms with van der Waals surface area (Å²) in [7, 11) is 1.59. The Morgan fingerprint density at radius 2 is 1.97 bits per heavy atom. The molecule has 0 atom stereocenters. The van der Waals surface area contributed by atoms with Gasteiger partial charge in [0.1, 0.15) is 17.2 Å². The minimum atomic E-state index is -0.634. The number of aryl methyl sites for hydroxylation is 1. The molecule has 4 aromatic rings. The molecule has 0 saturated carbocycles. The average Bonchev–Trinajstić information content (AvgIpc) is 3.37. The molecule has 11 heteroatoms. The molecule has 0 bridgehead atoms. The zero-order valence-corrected chi connectivity index (χ0v) is 21.2. The second-order valence-corrected chi connectivity index (χ2v) is 9.40. The van der Waals surface area contributed by atoms with E-state index in [1.54, 1.807) is 12.6 Å². The van der Waals surface area contributed by atoms with Crippen LogP contribution in [0.4, 0.5) is 11.6 Å². The standard InChI is InChI=1S/C26H27ClN6O4/c1-15-3-4-23(37-15)22-10-20(18-9-19(27)24(36-2)11-21(18)31-22)28-12-16-5-7-33(8-6-16)26-29-13-17(14-30-26)25(34)32-35/h3-4,9-11,13-14,16,35H,5-8,12H2,1-2H3,(H,28,31)(H,32,34). The van der Waals surface area contributed by atoms with Crippen molar-refractivity contribution in [1.82, 2.24) is 20.4 Å². The number of halogens is 1. The Labute approximate surface area is 218 Å². The molecular weight excluding hydrogens is 496 g/mol. The van der Waals surface area contributed by atoms with Crippen LogP contribution in [0, 0.1) is 12.8 Å². The highest BCUT2D eigenvalue weighted by atomic mass is 35.5. The van der Waals surface area contributed by atoms with Crippen LogP contribution in [0.3, 0.4) is 0 Å². The van der Waals surface area contributed by atoms with Crippen molar-refractivity contribution in [1.29, 1.82) is 0 Å². The zero-order valence-electron chi connectivity index (χ0n) is 20.5. The van der Waals surface area contributed by atoms with Crippen molar-refractivity contribution < 1.29 is 19.2 Å². The molecule has 1 amide bonds. The number of nitrogens with zero attached hydrogens (tertiary/aromatic N) is 4. The number of hydroxylamine groups is 1. The molecule has 0 radical (unpaired) electrons. The summed E-state index contributed by atoms with van der Waals surface area (Å²) in [5.74, 6) is 2.48. The second-order valence-electron chi connectivity index (χ2n) is 8.99. The fraction of sp³-hybridized carbons (Fsp3) is 0.308. The van der Waals surface area contributed by atoms with Crippen LogP contribution in [0.25, 0.3) is 22.4 Å². The number of pyridine rings is 1. The van der Waals surface area contributed by atoms with E-state index in [0.29, 0.717) is 28.4 Å². The Bertz CT molecular complexity index is 1420. The van der Waals surface area contributed by atoms with Gasteiger partial charge in [-0.05, 0) is 49.9 Å². The lowest BCUT2D eigenvalue weighted by Crippen LogP contribution is -2.37. The molecule has 4 heterocycles. The van der Waals surface area contributed by atoms with Crippen LogP contribution in [0.2, 0.25) is 5.02 Å². The van der Waals surface area contributed by atoms with E-state index < -0.39 is 5.91 Å². The fourth-order valence-corrected chi connectivity index (χ4v) is 4.73. The van der Waals surface area contributed by atoms with Gasteiger partial charge >= 0.3 is 0 Å². The maximum atomic E-state index is 11.5. The molecule has 1 aromatic carbocycles. The number of methoxy groups -OCH3 is 1. The molecule has 0 unspecified atom stereocenters. The number of hydrogen-bond acceptors (Lipinski definition) is 9. The van der Waals surface area contributed by atoms with E-state index in [9.17, 15) is 4.79 Å². The van der Waals surface area contributed by atoms with Crippen LogP contribution in [-0.2, 0) is 0 Å². The van der Waals surface area contributed by atoms with Crippen molar-refractivity contribution in [2.45, 2.75) is 19.8 Å². The maximum absolute atomic E-state index is 11.5. The van der Waals surface area contributed by atoms with Gasteiger partial charge in [-0.25, -0.2) is 20.4 Å². The summed E-state index contributed by atoms with van der Waals surface area (Å²) >= 11 is 6.44. The molecule has 192 valence electrons. The molecule has 1 fully saturated rings. The number of ether oxygens (including phenoxy) is 1. The highest BCUT2D eigenvalue weighted by Gasteiger charge is 2.22. The SMILES string of the molecule is COc1cc2nc(-c3ccc(C)o3)cc(NCC3CCN(c4ncc(C(=O)NO)cn4)CC3)c2cc1Cl. The minimum absolute atomic E-state index is 0.205. The lowest BCUT2D eigenvalue weighted by atomic mass is 9.96. The molecule has 0 spiro atoms. The Hall–Kier alpha value is -3.89. The first-order valence-electron chi connectivity index (χ1n) is 12.0. The molecule has 1 aliphatic rings. The summed E-state index contributed by atoms with van der Waals surface area (Å²) in [6, 6.07) is 9.56. The highest BCUT2D eigenvalue weighted by molar-refractivity contribution is 6.33. The number of piperidine rings is 1. The van der Waals surface area contributed by atoms with Gasteiger partial charge in [0.2, 0.25) is 5.95 Å². The van der Waals surface area contributed by atoms with Crippen LogP contribution in [0.5, 0.6) is 5.75 Å². The summed E-state index contributed by atoms with van der Waals surface area (Å²) < 4.78 is 11.2.